The summed E-state index contributed by atoms with van der Waals surface area (Å²) in [5.74, 6) is -2.28. The topological polar surface area (TPSA) is 82.9 Å². The molecule has 6 nitrogen and oxygen atoms in total. The van der Waals surface area contributed by atoms with Crippen LogP contribution in [0.2, 0.25) is 0 Å². The first kappa shape index (κ1) is 27.6. The number of carbonyl (C=O) groups is 1. The Balaban J connectivity index is 0.000000448. The van der Waals surface area contributed by atoms with Crippen LogP contribution in [0.25, 0.3) is 33.5 Å². The van der Waals surface area contributed by atoms with Gasteiger partial charge >= 0.3 is 12.1 Å². The number of nitrogens with one attached hydrogen (secondary N) is 2. The zero-order valence-corrected chi connectivity index (χ0v) is 21.0. The van der Waals surface area contributed by atoms with Crippen LogP contribution in [0.1, 0.15) is 11.3 Å². The van der Waals surface area contributed by atoms with Gasteiger partial charge in [-0.2, -0.15) is 13.2 Å². The van der Waals surface area contributed by atoms with E-state index in [-0.39, 0.29) is 5.82 Å². The summed E-state index contributed by atoms with van der Waals surface area (Å²) < 4.78 is 47.4. The first-order valence-corrected chi connectivity index (χ1v) is 12.1. The lowest BCUT2D eigenvalue weighted by Gasteiger charge is -2.08. The second-order valence-corrected chi connectivity index (χ2v) is 8.86. The first-order chi connectivity index (χ1) is 18.6. The molecule has 3 aromatic carbocycles. The maximum atomic E-state index is 13.5. The minimum absolute atomic E-state index is 0.268. The zero-order valence-electron chi connectivity index (χ0n) is 21.0. The van der Waals surface area contributed by atoms with E-state index in [0.29, 0.717) is 5.52 Å². The summed E-state index contributed by atoms with van der Waals surface area (Å²) in [6.07, 6.45) is -1.99. The maximum Gasteiger partial charge on any atom is 0.490 e. The van der Waals surface area contributed by atoms with Gasteiger partial charge in [0.15, 0.2) is 0 Å². The van der Waals surface area contributed by atoms with Crippen molar-refractivity contribution in [3.05, 3.63) is 102 Å². The summed E-state index contributed by atoms with van der Waals surface area (Å²) in [5.41, 5.74) is 7.31. The number of alkyl halides is 3. The molecule has 0 aliphatic carbocycles. The van der Waals surface area contributed by atoms with Gasteiger partial charge in [0.2, 0.25) is 0 Å². The van der Waals surface area contributed by atoms with Gasteiger partial charge in [-0.1, -0.05) is 42.5 Å². The van der Waals surface area contributed by atoms with E-state index in [1.54, 1.807) is 6.07 Å². The molecule has 0 saturated heterocycles. The molecule has 0 saturated carbocycles. The highest BCUT2D eigenvalue weighted by Crippen LogP contribution is 2.27. The fraction of sp³-hybridized carbons (Fsp3) is 0.172. The van der Waals surface area contributed by atoms with E-state index < -0.39 is 12.1 Å². The van der Waals surface area contributed by atoms with Gasteiger partial charge in [-0.05, 0) is 53.1 Å². The molecule has 0 bridgehead atoms. The van der Waals surface area contributed by atoms with Crippen LogP contribution in [0.3, 0.4) is 0 Å². The van der Waals surface area contributed by atoms with Crippen molar-refractivity contribution in [2.45, 2.75) is 19.1 Å². The van der Waals surface area contributed by atoms with Crippen molar-refractivity contribution in [2.75, 3.05) is 6.54 Å². The average molecular weight is 539 g/mol. The Kier molecular flexibility index (Phi) is 8.46. The fourth-order valence-corrected chi connectivity index (χ4v) is 3.99. The quantitative estimate of drug-likeness (QED) is 0.167. The molecule has 202 valence electrons. The maximum absolute atomic E-state index is 13.5. The van der Waals surface area contributed by atoms with E-state index in [1.807, 2.05) is 12.1 Å². The summed E-state index contributed by atoms with van der Waals surface area (Å²) >= 11 is 0. The second kappa shape index (κ2) is 12.0. The fourth-order valence-electron chi connectivity index (χ4n) is 3.99. The number of aryl methyl sites for hydroxylation is 1. The Morgan fingerprint density at radius 1 is 0.974 bits per heavy atom. The van der Waals surface area contributed by atoms with Gasteiger partial charge in [-0.15, -0.1) is 0 Å². The number of benzene rings is 3. The van der Waals surface area contributed by atoms with E-state index in [1.165, 1.54) is 23.4 Å². The van der Waals surface area contributed by atoms with Gasteiger partial charge in [0.1, 0.15) is 11.6 Å². The monoisotopic (exact) mass is 538 g/mol. The Bertz CT molecular complexity index is 1560. The lowest BCUT2D eigenvalue weighted by Crippen LogP contribution is -2.21. The number of hydrogen-bond acceptors (Lipinski definition) is 3. The molecule has 0 spiro atoms. The van der Waals surface area contributed by atoms with E-state index in [9.17, 15) is 17.6 Å². The number of aromatic amines is 1. The van der Waals surface area contributed by atoms with Crippen LogP contribution < -0.4 is 5.32 Å². The van der Waals surface area contributed by atoms with E-state index >= 15 is 0 Å². The van der Waals surface area contributed by atoms with Crippen molar-refractivity contribution in [2.24, 2.45) is 7.05 Å². The highest BCUT2D eigenvalue weighted by Gasteiger charge is 2.38. The normalized spacial score (nSPS) is 11.3. The molecule has 2 aromatic heterocycles. The number of aliphatic carboxylic acids is 1. The van der Waals surface area contributed by atoms with Gasteiger partial charge in [-0.25, -0.2) is 14.2 Å². The standard InChI is InChI=1S/C27H25FN4.C2HF3O2/c1-32-15-3-6-24(32)13-14-29-18-19-7-9-20(10-8-19)21-4-2-5-22(16-21)27-30-25-12-11-23(28)17-26(25)31-27;3-2(4,5)1(6)7/h2-12,15-17,29H,13-14,18H2,1H3,(H,30,31);(H,6,7). The molecule has 0 amide bonds. The number of rotatable bonds is 7. The van der Waals surface area contributed by atoms with Crippen LogP contribution in [-0.2, 0) is 24.8 Å². The molecular weight excluding hydrogens is 512 g/mol. The first-order valence-electron chi connectivity index (χ1n) is 12.1. The predicted molar refractivity (Wildman–Crippen MR) is 141 cm³/mol. The summed E-state index contributed by atoms with van der Waals surface area (Å²) in [5, 5.41) is 10.6. The lowest BCUT2D eigenvalue weighted by molar-refractivity contribution is -0.192. The Morgan fingerprint density at radius 3 is 2.36 bits per heavy atom. The number of halogens is 4. The Morgan fingerprint density at radius 2 is 1.69 bits per heavy atom. The molecule has 0 radical (unpaired) electrons. The highest BCUT2D eigenvalue weighted by atomic mass is 19.4. The number of hydrogen-bond donors (Lipinski definition) is 3. The molecule has 0 atom stereocenters. The van der Waals surface area contributed by atoms with Crippen LogP contribution in [0.5, 0.6) is 0 Å². The number of imidazole rings is 1. The van der Waals surface area contributed by atoms with Gasteiger partial charge in [0.25, 0.3) is 0 Å². The van der Waals surface area contributed by atoms with Crippen molar-refractivity contribution >= 4 is 17.0 Å². The zero-order chi connectivity index (χ0) is 28.0. The van der Waals surface area contributed by atoms with Crippen molar-refractivity contribution < 1.29 is 27.5 Å². The predicted octanol–water partition coefficient (Wildman–Crippen LogP) is 6.34. The minimum atomic E-state index is -5.08. The number of nitrogens with zero attached hydrogens (tertiary/aromatic N) is 2. The summed E-state index contributed by atoms with van der Waals surface area (Å²) in [6.45, 7) is 1.79. The number of fused-ring (bicyclic) bond motifs is 1. The van der Waals surface area contributed by atoms with Gasteiger partial charge in [0, 0.05) is 44.0 Å². The van der Waals surface area contributed by atoms with Gasteiger partial charge in [0.05, 0.1) is 11.0 Å². The van der Waals surface area contributed by atoms with E-state index in [0.717, 1.165) is 47.5 Å². The van der Waals surface area contributed by atoms with E-state index in [4.69, 9.17) is 9.90 Å². The molecule has 5 rings (SSSR count). The molecule has 0 aliphatic heterocycles. The highest BCUT2D eigenvalue weighted by molar-refractivity contribution is 5.80. The average Bonchev–Trinajstić information content (AvgIpc) is 3.52. The largest absolute Gasteiger partial charge is 0.490 e. The molecule has 39 heavy (non-hydrogen) atoms. The van der Waals surface area contributed by atoms with Crippen LogP contribution in [0, 0.1) is 5.82 Å². The van der Waals surface area contributed by atoms with Crippen LogP contribution in [-0.4, -0.2) is 38.3 Å². The van der Waals surface area contributed by atoms with E-state index in [2.05, 4.69) is 81.6 Å². The molecule has 3 N–H and O–H groups in total. The number of carboxylic acid groups (broad SMARTS) is 1. The molecule has 10 heteroatoms. The SMILES string of the molecule is Cn1cccc1CCNCc1ccc(-c2cccc(-c3nc4ccc(F)cc4[nH]3)c2)cc1.O=C(O)C(F)(F)F. The van der Waals surface area contributed by atoms with Crippen molar-refractivity contribution in [3.63, 3.8) is 0 Å². The van der Waals surface area contributed by atoms with Gasteiger partial charge in [-0.3, -0.25) is 0 Å². The molecule has 2 heterocycles. The van der Waals surface area contributed by atoms with Crippen molar-refractivity contribution in [1.82, 2.24) is 19.9 Å². The van der Waals surface area contributed by atoms with Crippen LogP contribution in [0.15, 0.2) is 85.1 Å². The smallest absolute Gasteiger partial charge is 0.475 e. The third-order valence-electron chi connectivity index (χ3n) is 6.05. The number of aromatic nitrogens is 3. The molecule has 0 aliphatic rings. The molecule has 0 fully saturated rings. The molecular formula is C29H26F4N4O2. The minimum Gasteiger partial charge on any atom is -0.475 e. The second-order valence-electron chi connectivity index (χ2n) is 8.86. The summed E-state index contributed by atoms with van der Waals surface area (Å²) in [6, 6.07) is 25.7. The molecule has 0 unspecified atom stereocenters. The van der Waals surface area contributed by atoms with Gasteiger partial charge < -0.3 is 20.0 Å². The third kappa shape index (κ3) is 7.32. The Labute approximate surface area is 221 Å². The number of carboxylic acids is 1. The lowest BCUT2D eigenvalue weighted by atomic mass is 10.0. The van der Waals surface area contributed by atoms with Crippen LogP contribution in [0.4, 0.5) is 17.6 Å². The number of H-pyrrole nitrogens is 1. The van der Waals surface area contributed by atoms with Crippen LogP contribution >= 0.6 is 0 Å². The van der Waals surface area contributed by atoms with Crippen molar-refractivity contribution in [1.29, 1.82) is 0 Å². The summed E-state index contributed by atoms with van der Waals surface area (Å²) in [4.78, 5) is 16.7. The molecule has 5 aromatic rings. The summed E-state index contributed by atoms with van der Waals surface area (Å²) in [7, 11) is 2.08. The Hall–Kier alpha value is -4.44. The third-order valence-corrected chi connectivity index (χ3v) is 6.05. The van der Waals surface area contributed by atoms with Crippen molar-refractivity contribution in [3.8, 4) is 22.5 Å².